The molecule has 2 aromatic carbocycles. The van der Waals surface area contributed by atoms with Gasteiger partial charge < -0.3 is 19.9 Å². The Hall–Kier alpha value is -2.81. The van der Waals surface area contributed by atoms with Crippen LogP contribution in [-0.2, 0) is 14.3 Å². The van der Waals surface area contributed by atoms with Crippen LogP contribution in [0, 0.1) is 13.8 Å². The standard InChI is InChI=1S/C23H25N3O5.Na/c1-5-30-22-19(13-27)23(29)26(25-22)18-8-6-7-17(12-18)24-21(28)16(4)31-20-10-9-14(2)11-15(20)3;/h6-13,16,27H,5H2,1-4H3,(H,24,28);/q;+1/p-1/b19-13+;. The fourth-order valence-corrected chi connectivity index (χ4v) is 3.05. The Labute approximate surface area is 209 Å². The molecule has 32 heavy (non-hydrogen) atoms. The van der Waals surface area contributed by atoms with E-state index in [1.54, 1.807) is 38.1 Å². The second-order valence-corrected chi connectivity index (χ2v) is 7.06. The van der Waals surface area contributed by atoms with Gasteiger partial charge in [-0.2, -0.15) is 5.01 Å². The van der Waals surface area contributed by atoms with Gasteiger partial charge in [-0.1, -0.05) is 23.8 Å². The van der Waals surface area contributed by atoms with Crippen LogP contribution in [0.2, 0.25) is 0 Å². The molecule has 0 aromatic heterocycles. The van der Waals surface area contributed by atoms with Gasteiger partial charge >= 0.3 is 29.6 Å². The summed E-state index contributed by atoms with van der Waals surface area (Å²) in [6.07, 6.45) is -0.315. The molecule has 1 heterocycles. The first-order chi connectivity index (χ1) is 14.8. The molecule has 0 saturated heterocycles. The zero-order valence-corrected chi connectivity index (χ0v) is 20.8. The average Bonchev–Trinajstić information content (AvgIpc) is 3.05. The Morgan fingerprint density at radius 2 is 2.00 bits per heavy atom. The van der Waals surface area contributed by atoms with Crippen molar-refractivity contribution in [2.45, 2.75) is 33.8 Å². The van der Waals surface area contributed by atoms with Crippen molar-refractivity contribution in [3.05, 3.63) is 65.4 Å². The van der Waals surface area contributed by atoms with E-state index in [2.05, 4.69) is 10.4 Å². The molecule has 0 aliphatic carbocycles. The summed E-state index contributed by atoms with van der Waals surface area (Å²) >= 11 is 0. The molecule has 2 amide bonds. The molecule has 1 aliphatic rings. The van der Waals surface area contributed by atoms with Crippen molar-refractivity contribution in [1.82, 2.24) is 0 Å². The number of amides is 2. The number of ether oxygens (including phenoxy) is 2. The third-order valence-corrected chi connectivity index (χ3v) is 4.60. The van der Waals surface area contributed by atoms with Gasteiger partial charge in [0.25, 0.3) is 11.8 Å². The van der Waals surface area contributed by atoms with E-state index in [4.69, 9.17) is 9.47 Å². The van der Waals surface area contributed by atoms with Crippen LogP contribution in [0.15, 0.2) is 59.4 Å². The summed E-state index contributed by atoms with van der Waals surface area (Å²) in [5.41, 5.74) is 2.76. The minimum atomic E-state index is -0.740. The van der Waals surface area contributed by atoms with E-state index in [1.807, 2.05) is 32.0 Å². The van der Waals surface area contributed by atoms with Gasteiger partial charge in [-0.05, 0) is 57.5 Å². The minimum Gasteiger partial charge on any atom is -0.877 e. The van der Waals surface area contributed by atoms with Crippen LogP contribution in [0.3, 0.4) is 0 Å². The van der Waals surface area contributed by atoms with Crippen molar-refractivity contribution < 1.29 is 53.7 Å². The Balaban J connectivity index is 0.00000363. The van der Waals surface area contributed by atoms with Gasteiger partial charge in [-0.15, -0.1) is 11.4 Å². The predicted octanol–water partition coefficient (Wildman–Crippen LogP) is -0.346. The minimum absolute atomic E-state index is 0. The van der Waals surface area contributed by atoms with Crippen LogP contribution in [0.25, 0.3) is 0 Å². The normalized spacial score (nSPS) is 15.1. The average molecular weight is 445 g/mol. The zero-order chi connectivity index (χ0) is 22.5. The van der Waals surface area contributed by atoms with Crippen LogP contribution < -0.4 is 49.7 Å². The number of anilines is 2. The molecule has 3 rings (SSSR count). The first-order valence-corrected chi connectivity index (χ1v) is 9.87. The number of hydrogen-bond acceptors (Lipinski definition) is 6. The molecule has 0 saturated carbocycles. The van der Waals surface area contributed by atoms with Crippen molar-refractivity contribution in [3.8, 4) is 5.75 Å². The molecule has 2 aromatic rings. The fourth-order valence-electron chi connectivity index (χ4n) is 3.05. The van der Waals surface area contributed by atoms with E-state index in [-0.39, 0.29) is 53.5 Å². The van der Waals surface area contributed by atoms with E-state index >= 15 is 0 Å². The van der Waals surface area contributed by atoms with E-state index in [1.165, 1.54) is 0 Å². The second kappa shape index (κ2) is 11.2. The molecule has 9 heteroatoms. The molecule has 162 valence electrons. The molecule has 0 spiro atoms. The monoisotopic (exact) mass is 445 g/mol. The van der Waals surface area contributed by atoms with E-state index in [0.717, 1.165) is 16.1 Å². The largest absolute Gasteiger partial charge is 1.00 e. The Morgan fingerprint density at radius 3 is 2.66 bits per heavy atom. The fraction of sp³-hybridized carbons (Fsp3) is 0.261. The Kier molecular flexibility index (Phi) is 8.89. The van der Waals surface area contributed by atoms with Crippen molar-refractivity contribution in [1.29, 1.82) is 0 Å². The van der Waals surface area contributed by atoms with Crippen LogP contribution in [0.4, 0.5) is 11.4 Å². The topological polar surface area (TPSA) is 103 Å². The van der Waals surface area contributed by atoms with Crippen LogP contribution in [-0.4, -0.2) is 30.4 Å². The summed E-state index contributed by atoms with van der Waals surface area (Å²) in [5.74, 6) is -0.316. The summed E-state index contributed by atoms with van der Waals surface area (Å²) in [6, 6.07) is 12.3. The van der Waals surface area contributed by atoms with Gasteiger partial charge in [-0.3, -0.25) is 9.59 Å². The number of hydrazone groups is 1. The molecule has 0 fully saturated rings. The number of rotatable bonds is 6. The van der Waals surface area contributed by atoms with Crippen molar-refractivity contribution in [2.24, 2.45) is 5.10 Å². The van der Waals surface area contributed by atoms with Gasteiger partial charge in [0.2, 0.25) is 5.90 Å². The molecule has 1 atom stereocenters. The van der Waals surface area contributed by atoms with E-state index in [9.17, 15) is 14.7 Å². The molecule has 8 nitrogen and oxygen atoms in total. The van der Waals surface area contributed by atoms with Crippen molar-refractivity contribution in [2.75, 3.05) is 16.9 Å². The Bertz CT molecular complexity index is 1070. The van der Waals surface area contributed by atoms with Gasteiger partial charge in [0, 0.05) is 5.69 Å². The van der Waals surface area contributed by atoms with Crippen LogP contribution in [0.5, 0.6) is 5.75 Å². The van der Waals surface area contributed by atoms with Gasteiger partial charge in [0.1, 0.15) is 5.75 Å². The molecule has 1 aliphatic heterocycles. The first-order valence-electron chi connectivity index (χ1n) is 9.87. The summed E-state index contributed by atoms with van der Waals surface area (Å²) in [4.78, 5) is 25.1. The number of carbonyl (C=O) groups excluding carboxylic acids is 2. The smallest absolute Gasteiger partial charge is 0.877 e. The van der Waals surface area contributed by atoms with Gasteiger partial charge in [0.15, 0.2) is 6.10 Å². The van der Waals surface area contributed by atoms with Crippen LogP contribution >= 0.6 is 0 Å². The summed E-state index contributed by atoms with van der Waals surface area (Å²) in [7, 11) is 0. The molecular weight excluding hydrogens is 421 g/mol. The van der Waals surface area contributed by atoms with Crippen molar-refractivity contribution >= 4 is 29.1 Å². The van der Waals surface area contributed by atoms with Crippen molar-refractivity contribution in [3.63, 3.8) is 0 Å². The predicted molar refractivity (Wildman–Crippen MR) is 116 cm³/mol. The van der Waals surface area contributed by atoms with E-state index in [0.29, 0.717) is 23.4 Å². The summed E-state index contributed by atoms with van der Waals surface area (Å²) in [6.45, 7) is 7.57. The number of aryl methyl sites for hydroxylation is 2. The maximum atomic E-state index is 12.6. The molecule has 1 N–H and O–H groups in total. The number of hydrogen-bond donors (Lipinski definition) is 1. The molecule has 0 radical (unpaired) electrons. The maximum Gasteiger partial charge on any atom is 1.00 e. The quantitative estimate of drug-likeness (QED) is 0.372. The SMILES string of the molecule is CCOC1=NN(c2cccc(NC(=O)C(C)Oc3ccc(C)cc3C)c2)C(=O)/C1=C/[O-].[Na+]. The van der Waals surface area contributed by atoms with Gasteiger partial charge in [-0.25, -0.2) is 0 Å². The van der Waals surface area contributed by atoms with E-state index < -0.39 is 12.0 Å². The molecule has 0 bridgehead atoms. The number of benzene rings is 2. The summed E-state index contributed by atoms with van der Waals surface area (Å²) < 4.78 is 11.1. The zero-order valence-electron chi connectivity index (χ0n) is 18.8. The second-order valence-electron chi connectivity index (χ2n) is 7.06. The number of nitrogens with one attached hydrogen (secondary N) is 1. The van der Waals surface area contributed by atoms with Gasteiger partial charge in [0.05, 0.1) is 17.9 Å². The number of carbonyl (C=O) groups is 2. The third-order valence-electron chi connectivity index (χ3n) is 4.60. The first kappa shape index (κ1) is 25.5. The number of nitrogens with zero attached hydrogens (tertiary/aromatic N) is 2. The maximum absolute atomic E-state index is 12.6. The molecular formula is C23H24N3NaO5. The van der Waals surface area contributed by atoms with Crippen LogP contribution in [0.1, 0.15) is 25.0 Å². The summed E-state index contributed by atoms with van der Waals surface area (Å²) in [5, 5.41) is 19.2. The molecule has 1 unspecified atom stereocenters. The Morgan fingerprint density at radius 1 is 1.25 bits per heavy atom. The third kappa shape index (κ3) is 5.70.